The predicted molar refractivity (Wildman–Crippen MR) is 76.1 cm³/mol. The van der Waals surface area contributed by atoms with Crippen LogP contribution in [0.25, 0.3) is 0 Å². The molecule has 0 aliphatic carbocycles. The third-order valence-corrected chi connectivity index (χ3v) is 3.47. The zero-order chi connectivity index (χ0) is 14.9. The van der Waals surface area contributed by atoms with E-state index in [1.54, 1.807) is 6.07 Å². The zero-order valence-electron chi connectivity index (χ0n) is 12.5. The second-order valence-corrected chi connectivity index (χ2v) is 6.43. The van der Waals surface area contributed by atoms with Crippen LogP contribution in [0, 0.1) is 18.7 Å². The van der Waals surface area contributed by atoms with Gasteiger partial charge in [0.05, 0.1) is 5.92 Å². The van der Waals surface area contributed by atoms with Crippen LogP contribution in [-0.4, -0.2) is 24.7 Å². The molecule has 4 heteroatoms. The number of nitrogens with one attached hydrogen (secondary N) is 1. The lowest BCUT2D eigenvalue weighted by atomic mass is 9.87. The summed E-state index contributed by atoms with van der Waals surface area (Å²) < 4.78 is 19.5. The van der Waals surface area contributed by atoms with Crippen molar-refractivity contribution < 1.29 is 13.9 Å². The lowest BCUT2D eigenvalue weighted by molar-refractivity contribution is -0.159. The molecule has 0 aromatic heterocycles. The van der Waals surface area contributed by atoms with E-state index in [9.17, 15) is 9.18 Å². The van der Waals surface area contributed by atoms with Gasteiger partial charge in [0.25, 0.3) is 0 Å². The van der Waals surface area contributed by atoms with E-state index in [0.717, 1.165) is 5.56 Å². The summed E-state index contributed by atoms with van der Waals surface area (Å²) in [4.78, 5) is 12.3. The first kappa shape index (κ1) is 15.0. The third kappa shape index (κ3) is 3.37. The first-order valence-electron chi connectivity index (χ1n) is 6.97. The molecule has 1 fully saturated rings. The van der Waals surface area contributed by atoms with Gasteiger partial charge in [0.15, 0.2) is 0 Å². The van der Waals surface area contributed by atoms with Crippen LogP contribution in [0.3, 0.4) is 0 Å². The molecule has 110 valence electrons. The molecule has 2 unspecified atom stereocenters. The molecule has 0 amide bonds. The summed E-state index contributed by atoms with van der Waals surface area (Å²) in [7, 11) is 0. The highest BCUT2D eigenvalue weighted by Crippen LogP contribution is 2.32. The van der Waals surface area contributed by atoms with Crippen LogP contribution in [0.15, 0.2) is 18.2 Å². The Labute approximate surface area is 119 Å². The number of halogens is 1. The predicted octanol–water partition coefficient (Wildman–Crippen LogP) is 2.78. The summed E-state index contributed by atoms with van der Waals surface area (Å²) in [5, 5.41) is 3.17. The van der Waals surface area contributed by atoms with E-state index in [0.29, 0.717) is 18.7 Å². The van der Waals surface area contributed by atoms with Crippen LogP contribution >= 0.6 is 0 Å². The second kappa shape index (κ2) is 5.52. The molecule has 0 saturated carbocycles. The van der Waals surface area contributed by atoms with Crippen molar-refractivity contribution in [3.05, 3.63) is 35.1 Å². The van der Waals surface area contributed by atoms with Gasteiger partial charge in [-0.2, -0.15) is 0 Å². The van der Waals surface area contributed by atoms with Gasteiger partial charge in [-0.05, 0) is 39.3 Å². The standard InChI is InChI=1S/C16H22FNO2/c1-10-5-6-14(17)11(7-10)12-8-18-9-13(12)15(19)20-16(2,3)4/h5-7,12-13,18H,8-9H2,1-4H3. The van der Waals surface area contributed by atoms with Crippen LogP contribution in [0.4, 0.5) is 4.39 Å². The van der Waals surface area contributed by atoms with Gasteiger partial charge in [-0.15, -0.1) is 0 Å². The highest BCUT2D eigenvalue weighted by atomic mass is 19.1. The molecule has 0 spiro atoms. The van der Waals surface area contributed by atoms with E-state index in [4.69, 9.17) is 4.74 Å². The van der Waals surface area contributed by atoms with E-state index in [2.05, 4.69) is 5.32 Å². The molecule has 1 aromatic carbocycles. The van der Waals surface area contributed by atoms with Crippen molar-refractivity contribution in [2.45, 2.75) is 39.2 Å². The van der Waals surface area contributed by atoms with Gasteiger partial charge in [-0.1, -0.05) is 17.7 Å². The number of ether oxygens (including phenoxy) is 1. The van der Waals surface area contributed by atoms with Gasteiger partial charge in [0.2, 0.25) is 0 Å². The van der Waals surface area contributed by atoms with Crippen molar-refractivity contribution in [3.8, 4) is 0 Å². The fraction of sp³-hybridized carbons (Fsp3) is 0.562. The normalized spacial score (nSPS) is 22.9. The smallest absolute Gasteiger partial charge is 0.311 e. The number of rotatable bonds is 2. The van der Waals surface area contributed by atoms with E-state index < -0.39 is 5.60 Å². The number of carbonyl (C=O) groups is 1. The fourth-order valence-electron chi connectivity index (χ4n) is 2.58. The van der Waals surface area contributed by atoms with E-state index in [-0.39, 0.29) is 23.6 Å². The molecule has 1 N–H and O–H groups in total. The Morgan fingerprint density at radius 3 is 2.70 bits per heavy atom. The van der Waals surface area contributed by atoms with Crippen LogP contribution in [0.5, 0.6) is 0 Å². The number of carbonyl (C=O) groups excluding carboxylic acids is 1. The molecular weight excluding hydrogens is 257 g/mol. The topological polar surface area (TPSA) is 38.3 Å². The maximum atomic E-state index is 14.0. The summed E-state index contributed by atoms with van der Waals surface area (Å²) in [5.41, 5.74) is 1.08. The summed E-state index contributed by atoms with van der Waals surface area (Å²) in [5.74, 6) is -0.999. The number of hydrogen-bond acceptors (Lipinski definition) is 3. The maximum absolute atomic E-state index is 14.0. The maximum Gasteiger partial charge on any atom is 0.311 e. The Kier molecular flexibility index (Phi) is 4.14. The number of benzene rings is 1. The van der Waals surface area contributed by atoms with Crippen molar-refractivity contribution in [2.75, 3.05) is 13.1 Å². The van der Waals surface area contributed by atoms with Crippen LogP contribution in [-0.2, 0) is 9.53 Å². The van der Waals surface area contributed by atoms with Gasteiger partial charge in [0, 0.05) is 19.0 Å². The van der Waals surface area contributed by atoms with E-state index >= 15 is 0 Å². The van der Waals surface area contributed by atoms with Gasteiger partial charge in [-0.3, -0.25) is 4.79 Å². The monoisotopic (exact) mass is 279 g/mol. The van der Waals surface area contributed by atoms with Crippen molar-refractivity contribution in [2.24, 2.45) is 5.92 Å². The average molecular weight is 279 g/mol. The minimum Gasteiger partial charge on any atom is -0.460 e. The summed E-state index contributed by atoms with van der Waals surface area (Å²) in [6, 6.07) is 5.03. The van der Waals surface area contributed by atoms with Crippen LogP contribution in [0.2, 0.25) is 0 Å². The van der Waals surface area contributed by atoms with Gasteiger partial charge in [-0.25, -0.2) is 4.39 Å². The number of aryl methyl sites for hydroxylation is 1. The molecule has 1 aromatic rings. The minimum atomic E-state index is -0.518. The van der Waals surface area contributed by atoms with Crippen LogP contribution < -0.4 is 5.32 Å². The zero-order valence-corrected chi connectivity index (χ0v) is 12.5. The van der Waals surface area contributed by atoms with Gasteiger partial charge >= 0.3 is 5.97 Å². The first-order chi connectivity index (χ1) is 9.28. The molecule has 3 nitrogen and oxygen atoms in total. The Balaban J connectivity index is 2.23. The number of hydrogen-bond donors (Lipinski definition) is 1. The highest BCUT2D eigenvalue weighted by molar-refractivity contribution is 5.75. The largest absolute Gasteiger partial charge is 0.460 e. The van der Waals surface area contributed by atoms with Gasteiger partial charge < -0.3 is 10.1 Å². The molecule has 2 atom stereocenters. The van der Waals surface area contributed by atoms with E-state index in [1.807, 2.05) is 33.8 Å². The lowest BCUT2D eigenvalue weighted by Crippen LogP contribution is -2.32. The number of esters is 1. The Morgan fingerprint density at radius 1 is 1.35 bits per heavy atom. The highest BCUT2D eigenvalue weighted by Gasteiger charge is 2.38. The summed E-state index contributed by atoms with van der Waals surface area (Å²) >= 11 is 0. The SMILES string of the molecule is Cc1ccc(F)c(C2CNCC2C(=O)OC(C)(C)C)c1. The molecule has 0 radical (unpaired) electrons. The second-order valence-electron chi connectivity index (χ2n) is 6.43. The molecular formula is C16H22FNO2. The molecule has 2 rings (SSSR count). The Bertz CT molecular complexity index is 508. The first-order valence-corrected chi connectivity index (χ1v) is 6.97. The summed E-state index contributed by atoms with van der Waals surface area (Å²) in [6.07, 6.45) is 0. The van der Waals surface area contributed by atoms with Crippen molar-refractivity contribution in [1.29, 1.82) is 0 Å². The molecule has 1 aliphatic rings. The Hall–Kier alpha value is -1.42. The van der Waals surface area contributed by atoms with E-state index in [1.165, 1.54) is 6.07 Å². The Morgan fingerprint density at radius 2 is 2.05 bits per heavy atom. The third-order valence-electron chi connectivity index (χ3n) is 3.47. The average Bonchev–Trinajstić information content (AvgIpc) is 2.79. The van der Waals surface area contributed by atoms with Crippen molar-refractivity contribution in [3.63, 3.8) is 0 Å². The lowest BCUT2D eigenvalue weighted by Gasteiger charge is -2.25. The molecule has 1 aliphatic heterocycles. The fourth-order valence-corrected chi connectivity index (χ4v) is 2.58. The van der Waals surface area contributed by atoms with Gasteiger partial charge in [0.1, 0.15) is 11.4 Å². The molecule has 20 heavy (non-hydrogen) atoms. The van der Waals surface area contributed by atoms with Crippen molar-refractivity contribution >= 4 is 5.97 Å². The molecule has 1 heterocycles. The minimum absolute atomic E-state index is 0.162. The summed E-state index contributed by atoms with van der Waals surface area (Å²) in [6.45, 7) is 8.59. The molecule has 1 saturated heterocycles. The quantitative estimate of drug-likeness (QED) is 0.846. The molecule has 0 bridgehead atoms. The van der Waals surface area contributed by atoms with Crippen LogP contribution in [0.1, 0.15) is 37.8 Å². The van der Waals surface area contributed by atoms with Crippen molar-refractivity contribution in [1.82, 2.24) is 5.32 Å².